The Labute approximate surface area is 120 Å². The van der Waals surface area contributed by atoms with E-state index >= 15 is 0 Å². The van der Waals surface area contributed by atoms with Gasteiger partial charge >= 0.3 is 6.18 Å². The smallest absolute Gasteiger partial charge is 0.422 e. The number of hydrogen-bond acceptors (Lipinski definition) is 3. The summed E-state index contributed by atoms with van der Waals surface area (Å²) in [7, 11) is 0. The third-order valence-corrected chi connectivity index (χ3v) is 2.75. The van der Waals surface area contributed by atoms with Gasteiger partial charge in [-0.15, -0.1) is 0 Å². The number of alkyl halides is 4. The third kappa shape index (κ3) is 4.30. The van der Waals surface area contributed by atoms with E-state index in [1.807, 2.05) is 22.6 Å². The van der Waals surface area contributed by atoms with Gasteiger partial charge in [-0.3, -0.25) is 4.79 Å². The summed E-state index contributed by atoms with van der Waals surface area (Å²) < 4.78 is 37.7. The molecule has 0 saturated heterocycles. The molecule has 0 spiro atoms. The number of hydrogen-bond donors (Lipinski definition) is 3. The number of carbonyl (C=O) groups excluding carboxylic acids is 1. The lowest BCUT2D eigenvalue weighted by atomic mass is 10.1. The normalized spacial score (nSPS) is 14.9. The average molecular weight is 390 g/mol. The fraction of sp³-hybridized carbons (Fsp3) is 0.300. The van der Waals surface area contributed by atoms with Crippen molar-refractivity contribution < 1.29 is 28.4 Å². The number of anilines is 1. The second-order valence-corrected chi connectivity index (χ2v) is 5.54. The Balaban J connectivity index is 3.16. The molecule has 0 radical (unpaired) electrons. The molecule has 9 heteroatoms. The Morgan fingerprint density at radius 1 is 1.53 bits per heavy atom. The minimum absolute atomic E-state index is 0.0918. The highest BCUT2D eigenvalue weighted by Gasteiger charge is 2.36. The van der Waals surface area contributed by atoms with E-state index < -0.39 is 32.5 Å². The maximum Gasteiger partial charge on any atom is 0.422 e. The van der Waals surface area contributed by atoms with Crippen molar-refractivity contribution in [1.29, 1.82) is 0 Å². The molecule has 19 heavy (non-hydrogen) atoms. The molecule has 0 fully saturated rings. The number of halogens is 4. The van der Waals surface area contributed by atoms with Crippen LogP contribution in [0.4, 0.5) is 24.5 Å². The van der Waals surface area contributed by atoms with Crippen molar-refractivity contribution in [2.24, 2.45) is 0 Å². The van der Waals surface area contributed by atoms with Crippen LogP contribution in [0.15, 0.2) is 18.2 Å². The van der Waals surface area contributed by atoms with Gasteiger partial charge in [-0.05, 0) is 19.1 Å². The van der Waals surface area contributed by atoms with E-state index in [-0.39, 0.29) is 5.69 Å². The molecule has 0 aliphatic carbocycles. The summed E-state index contributed by atoms with van der Waals surface area (Å²) in [6, 6.07) is 2.55. The van der Waals surface area contributed by atoms with Crippen LogP contribution in [0.25, 0.3) is 0 Å². The summed E-state index contributed by atoms with van der Waals surface area (Å²) >= 11 is 1.81. The molecule has 2 unspecified atom stereocenters. The van der Waals surface area contributed by atoms with Crippen molar-refractivity contribution >= 4 is 39.9 Å². The first-order chi connectivity index (χ1) is 8.62. The first-order valence-electron chi connectivity index (χ1n) is 5.02. The Hall–Kier alpha value is -0.910. The highest BCUT2D eigenvalue weighted by atomic mass is 127. The molecule has 1 aromatic carbocycles. The number of quaternary nitrogens is 1. The Morgan fingerprint density at radius 3 is 2.53 bits per heavy atom. The van der Waals surface area contributed by atoms with Gasteiger partial charge in [0.05, 0.1) is 3.92 Å². The second kappa shape index (κ2) is 6.03. The van der Waals surface area contributed by atoms with Crippen molar-refractivity contribution in [3.8, 4) is 0 Å². The zero-order chi connectivity index (χ0) is 14.8. The number of nitrogens with one attached hydrogen (secondary N) is 2. The van der Waals surface area contributed by atoms with Crippen molar-refractivity contribution in [1.82, 2.24) is 0 Å². The maximum absolute atomic E-state index is 12.7. The Bertz CT molecular complexity index is 478. The monoisotopic (exact) mass is 390 g/mol. The third-order valence-electron chi connectivity index (χ3n) is 2.18. The van der Waals surface area contributed by atoms with E-state index in [1.54, 1.807) is 6.92 Å². The summed E-state index contributed by atoms with van der Waals surface area (Å²) in [5.41, 5.74) is -2.24. The largest absolute Gasteiger partial charge is 0.595 e. The molecule has 2 atom stereocenters. The minimum Gasteiger partial charge on any atom is -0.595 e. The summed E-state index contributed by atoms with van der Waals surface area (Å²) in [5, 5.41) is 20.0. The lowest BCUT2D eigenvalue weighted by Gasteiger charge is -2.18. The molecule has 5 nitrogen and oxygen atoms in total. The molecule has 0 aliphatic rings. The van der Waals surface area contributed by atoms with E-state index in [0.29, 0.717) is 6.07 Å². The van der Waals surface area contributed by atoms with Crippen LogP contribution < -0.4 is 10.5 Å². The first kappa shape index (κ1) is 16.1. The molecular weight excluding hydrogens is 380 g/mol. The molecule has 1 amide bonds. The lowest BCUT2D eigenvalue weighted by molar-refractivity contribution is -0.991. The predicted octanol–water partition coefficient (Wildman–Crippen LogP) is 1.87. The molecule has 0 bridgehead atoms. The maximum atomic E-state index is 12.7. The molecule has 106 valence electrons. The second-order valence-electron chi connectivity index (χ2n) is 3.67. The lowest BCUT2D eigenvalue weighted by Crippen LogP contribution is -2.99. The molecule has 1 aromatic rings. The Morgan fingerprint density at radius 2 is 2.11 bits per heavy atom. The van der Waals surface area contributed by atoms with Gasteiger partial charge in [0.1, 0.15) is 5.56 Å². The van der Waals surface area contributed by atoms with Crippen LogP contribution in [0.2, 0.25) is 0 Å². The van der Waals surface area contributed by atoms with Crippen LogP contribution in [0.3, 0.4) is 0 Å². The SMILES string of the molecule is CC(I)C(=O)Nc1ccc([NH+]([O-])O)c(C(F)(F)F)c1. The van der Waals surface area contributed by atoms with Crippen LogP contribution in [-0.2, 0) is 11.0 Å². The van der Waals surface area contributed by atoms with Gasteiger partial charge in [0.15, 0.2) is 5.69 Å². The van der Waals surface area contributed by atoms with Crippen LogP contribution in [0.1, 0.15) is 12.5 Å². The molecule has 1 rings (SSSR count). The number of amides is 1. The molecule has 0 aliphatic heterocycles. The summed E-state index contributed by atoms with van der Waals surface area (Å²) in [6.07, 6.45) is -4.80. The first-order valence-corrected chi connectivity index (χ1v) is 6.27. The zero-order valence-corrected chi connectivity index (χ0v) is 11.7. The fourth-order valence-corrected chi connectivity index (χ4v) is 1.44. The highest BCUT2D eigenvalue weighted by molar-refractivity contribution is 14.1. The van der Waals surface area contributed by atoms with Gasteiger partial charge in [-0.1, -0.05) is 22.6 Å². The van der Waals surface area contributed by atoms with E-state index in [9.17, 15) is 23.2 Å². The van der Waals surface area contributed by atoms with E-state index in [2.05, 4.69) is 5.32 Å². The summed E-state index contributed by atoms with van der Waals surface area (Å²) in [4.78, 5) is 11.4. The quantitative estimate of drug-likeness (QED) is 0.419. The van der Waals surface area contributed by atoms with Gasteiger partial charge in [0.2, 0.25) is 5.91 Å². The molecule has 0 aromatic heterocycles. The fourth-order valence-electron chi connectivity index (χ4n) is 1.28. The summed E-state index contributed by atoms with van der Waals surface area (Å²) in [6.45, 7) is 1.58. The van der Waals surface area contributed by atoms with Gasteiger partial charge in [0, 0.05) is 11.8 Å². The number of carbonyl (C=O) groups is 1. The minimum atomic E-state index is -4.80. The molecular formula is C10H10F3IN2O3. The van der Waals surface area contributed by atoms with Crippen molar-refractivity contribution in [3.05, 3.63) is 29.0 Å². The van der Waals surface area contributed by atoms with Gasteiger partial charge in [-0.25, -0.2) is 5.21 Å². The zero-order valence-electron chi connectivity index (χ0n) is 9.58. The highest BCUT2D eigenvalue weighted by Crippen LogP contribution is 2.35. The standard InChI is InChI=1S/C10H10F3IN2O3/c1-5(14)9(17)15-6-2-3-8(16(18)19)7(4-6)10(11,12)13/h2-5,16,18H,1H3,(H,15,17). The van der Waals surface area contributed by atoms with Gasteiger partial charge in [0.25, 0.3) is 0 Å². The molecule has 3 N–H and O–H groups in total. The van der Waals surface area contributed by atoms with Gasteiger partial charge < -0.3 is 10.5 Å². The Kier molecular flexibility index (Phi) is 5.12. The molecule has 0 heterocycles. The van der Waals surface area contributed by atoms with Crippen LogP contribution in [-0.4, -0.2) is 15.0 Å². The molecule has 0 saturated carbocycles. The van der Waals surface area contributed by atoms with Crippen LogP contribution in [0, 0.1) is 5.21 Å². The van der Waals surface area contributed by atoms with E-state index in [4.69, 9.17) is 5.21 Å². The number of rotatable bonds is 3. The van der Waals surface area contributed by atoms with Crippen molar-refractivity contribution in [2.45, 2.75) is 17.0 Å². The predicted molar refractivity (Wildman–Crippen MR) is 69.3 cm³/mol. The summed E-state index contributed by atoms with van der Waals surface area (Å²) in [5.74, 6) is -0.461. The van der Waals surface area contributed by atoms with E-state index in [1.165, 1.54) is 0 Å². The van der Waals surface area contributed by atoms with Crippen molar-refractivity contribution in [2.75, 3.05) is 5.32 Å². The van der Waals surface area contributed by atoms with E-state index in [0.717, 1.165) is 12.1 Å². The van der Waals surface area contributed by atoms with Gasteiger partial charge in [-0.2, -0.15) is 18.4 Å². The van der Waals surface area contributed by atoms with Crippen LogP contribution >= 0.6 is 22.6 Å². The average Bonchev–Trinajstić information content (AvgIpc) is 2.27. The van der Waals surface area contributed by atoms with Crippen LogP contribution in [0.5, 0.6) is 0 Å². The number of benzene rings is 1. The topological polar surface area (TPSA) is 76.8 Å². The van der Waals surface area contributed by atoms with Crippen molar-refractivity contribution in [3.63, 3.8) is 0 Å².